The van der Waals surface area contributed by atoms with Crippen LogP contribution >= 0.6 is 11.5 Å². The summed E-state index contributed by atoms with van der Waals surface area (Å²) in [6.07, 6.45) is 5.43. The zero-order valence-corrected chi connectivity index (χ0v) is 15.6. The van der Waals surface area contributed by atoms with E-state index in [1.54, 1.807) is 17.1 Å². The van der Waals surface area contributed by atoms with E-state index in [4.69, 9.17) is 0 Å². The summed E-state index contributed by atoms with van der Waals surface area (Å²) in [5.74, 6) is 0.515. The van der Waals surface area contributed by atoms with E-state index >= 15 is 0 Å². The summed E-state index contributed by atoms with van der Waals surface area (Å²) in [6, 6.07) is 1.95. The topological polar surface area (TPSA) is 68.5 Å². The first-order chi connectivity index (χ1) is 11.9. The lowest BCUT2D eigenvalue weighted by atomic mass is 9.96. The van der Waals surface area contributed by atoms with E-state index in [9.17, 15) is 4.39 Å². The van der Waals surface area contributed by atoms with E-state index in [1.165, 1.54) is 11.5 Å². The number of aromatic nitrogens is 5. The molecule has 0 spiro atoms. The number of hydrogen-bond donors (Lipinski definition) is 1. The van der Waals surface area contributed by atoms with Crippen molar-refractivity contribution < 1.29 is 4.39 Å². The van der Waals surface area contributed by atoms with Gasteiger partial charge in [-0.25, -0.2) is 9.97 Å². The Hall–Kier alpha value is -2.35. The number of rotatable bonds is 6. The molecule has 3 aromatic rings. The molecule has 6 nitrogen and oxygen atoms in total. The second-order valence-electron chi connectivity index (χ2n) is 6.91. The van der Waals surface area contributed by atoms with Crippen LogP contribution in [0.3, 0.4) is 0 Å². The third kappa shape index (κ3) is 4.19. The predicted molar refractivity (Wildman–Crippen MR) is 97.9 cm³/mol. The van der Waals surface area contributed by atoms with Crippen LogP contribution < -0.4 is 5.32 Å². The Kier molecular flexibility index (Phi) is 4.80. The maximum absolute atomic E-state index is 13.0. The fourth-order valence-electron chi connectivity index (χ4n) is 2.38. The first-order valence-corrected chi connectivity index (χ1v) is 8.76. The Morgan fingerprint density at radius 1 is 1.28 bits per heavy atom. The number of halogens is 1. The van der Waals surface area contributed by atoms with Crippen molar-refractivity contribution in [1.29, 1.82) is 0 Å². The van der Waals surface area contributed by atoms with Crippen molar-refractivity contribution in [3.05, 3.63) is 35.9 Å². The Morgan fingerprint density at radius 3 is 2.76 bits per heavy atom. The number of hydrogen-bond acceptors (Lipinski definition) is 6. The first kappa shape index (κ1) is 17.5. The Balaban J connectivity index is 1.84. The van der Waals surface area contributed by atoms with Crippen LogP contribution in [0.4, 0.5) is 15.3 Å². The quantitative estimate of drug-likeness (QED) is 0.715. The summed E-state index contributed by atoms with van der Waals surface area (Å²) in [5.41, 5.74) is 3.16. The molecule has 0 bridgehead atoms. The van der Waals surface area contributed by atoms with Crippen molar-refractivity contribution in [3.63, 3.8) is 0 Å². The largest absolute Gasteiger partial charge is 0.314 e. The smallest absolute Gasteiger partial charge is 0.228 e. The molecule has 0 atom stereocenters. The molecule has 25 heavy (non-hydrogen) atoms. The number of nitrogens with one attached hydrogen (secondary N) is 1. The Morgan fingerprint density at radius 2 is 2.08 bits per heavy atom. The van der Waals surface area contributed by atoms with Crippen molar-refractivity contribution in [2.75, 3.05) is 12.0 Å². The summed E-state index contributed by atoms with van der Waals surface area (Å²) in [7, 11) is 0. The van der Waals surface area contributed by atoms with E-state index < -0.39 is 12.1 Å². The molecule has 0 unspecified atom stereocenters. The summed E-state index contributed by atoms with van der Waals surface area (Å²) in [6.45, 7) is 7.78. The van der Waals surface area contributed by atoms with Crippen molar-refractivity contribution in [1.82, 2.24) is 24.1 Å². The minimum atomic E-state index is -0.444. The van der Waals surface area contributed by atoms with Crippen LogP contribution in [-0.2, 0) is 6.54 Å². The zero-order chi connectivity index (χ0) is 18.0. The van der Waals surface area contributed by atoms with Gasteiger partial charge in [0.05, 0.1) is 24.3 Å². The van der Waals surface area contributed by atoms with Gasteiger partial charge in [0.1, 0.15) is 5.00 Å². The molecule has 0 saturated heterocycles. The molecule has 3 heterocycles. The van der Waals surface area contributed by atoms with Crippen molar-refractivity contribution in [2.24, 2.45) is 5.41 Å². The standard InChI is InChI=1S/C17H21FN6S/c1-11-6-19-16(21-14-5-12(2)23-25-14)22-15(11)13-7-20-24(8-13)10-17(3,4)9-18/h5-8H,9-10H2,1-4H3,(H,19,21,22). The second kappa shape index (κ2) is 6.87. The molecule has 0 aliphatic heterocycles. The molecule has 8 heteroatoms. The average Bonchev–Trinajstić information content (AvgIpc) is 3.18. The van der Waals surface area contributed by atoms with Gasteiger partial charge in [-0.15, -0.1) is 0 Å². The summed E-state index contributed by atoms with van der Waals surface area (Å²) >= 11 is 1.37. The SMILES string of the molecule is Cc1cc(Nc2ncc(C)c(-c3cnn(CC(C)(C)CF)c3)n2)sn1. The van der Waals surface area contributed by atoms with E-state index in [2.05, 4.69) is 24.8 Å². The van der Waals surface area contributed by atoms with Gasteiger partial charge in [0.15, 0.2) is 0 Å². The number of nitrogens with zero attached hydrogens (tertiary/aromatic N) is 5. The highest BCUT2D eigenvalue weighted by molar-refractivity contribution is 7.10. The van der Waals surface area contributed by atoms with Crippen molar-refractivity contribution >= 4 is 22.5 Å². The molecule has 0 aliphatic rings. The van der Waals surface area contributed by atoms with Crippen LogP contribution in [0.5, 0.6) is 0 Å². The Labute approximate surface area is 150 Å². The third-order valence-corrected chi connectivity index (χ3v) is 4.49. The minimum absolute atomic E-state index is 0.392. The lowest BCUT2D eigenvalue weighted by Gasteiger charge is -2.19. The normalized spacial score (nSPS) is 11.7. The number of aryl methyl sites for hydroxylation is 2. The van der Waals surface area contributed by atoms with Crippen molar-refractivity contribution in [3.8, 4) is 11.3 Å². The molecule has 0 saturated carbocycles. The molecular formula is C17H21FN6S. The molecule has 0 radical (unpaired) electrons. The summed E-state index contributed by atoms with van der Waals surface area (Å²) in [5, 5.41) is 8.41. The first-order valence-electron chi connectivity index (χ1n) is 7.99. The van der Waals surface area contributed by atoms with Gasteiger partial charge in [0.25, 0.3) is 0 Å². The third-order valence-electron chi connectivity index (χ3n) is 3.69. The van der Waals surface area contributed by atoms with Crippen LogP contribution in [0.2, 0.25) is 0 Å². The van der Waals surface area contributed by atoms with Crippen molar-refractivity contribution in [2.45, 2.75) is 34.2 Å². The van der Waals surface area contributed by atoms with Crippen LogP contribution in [-0.4, -0.2) is 30.8 Å². The van der Waals surface area contributed by atoms with Gasteiger partial charge in [-0.3, -0.25) is 9.07 Å². The van der Waals surface area contributed by atoms with Crippen LogP contribution in [0.25, 0.3) is 11.3 Å². The molecule has 0 aromatic carbocycles. The van der Waals surface area contributed by atoms with Crippen LogP contribution in [0, 0.1) is 19.3 Å². The van der Waals surface area contributed by atoms with Crippen LogP contribution in [0.1, 0.15) is 25.1 Å². The molecule has 0 aliphatic carbocycles. The minimum Gasteiger partial charge on any atom is -0.314 e. The number of anilines is 2. The van der Waals surface area contributed by atoms with Gasteiger partial charge in [-0.2, -0.15) is 9.47 Å². The number of alkyl halides is 1. The lowest BCUT2D eigenvalue weighted by molar-refractivity contribution is 0.215. The van der Waals surface area contributed by atoms with Gasteiger partial charge in [0.2, 0.25) is 5.95 Å². The van der Waals surface area contributed by atoms with Gasteiger partial charge < -0.3 is 5.32 Å². The fourth-order valence-corrected chi connectivity index (χ4v) is 3.04. The lowest BCUT2D eigenvalue weighted by Crippen LogP contribution is -2.22. The molecule has 0 fully saturated rings. The summed E-state index contributed by atoms with van der Waals surface area (Å²) < 4.78 is 19.0. The maximum atomic E-state index is 13.0. The van der Waals surface area contributed by atoms with E-state index in [0.29, 0.717) is 12.5 Å². The van der Waals surface area contributed by atoms with Crippen LogP contribution in [0.15, 0.2) is 24.7 Å². The Bertz CT molecular complexity index is 870. The fraction of sp³-hybridized carbons (Fsp3) is 0.412. The molecule has 3 aromatic heterocycles. The predicted octanol–water partition coefficient (Wildman–Crippen LogP) is 4.15. The summed E-state index contributed by atoms with van der Waals surface area (Å²) in [4.78, 5) is 8.93. The molecule has 132 valence electrons. The highest BCUT2D eigenvalue weighted by atomic mass is 32.1. The van der Waals surface area contributed by atoms with Gasteiger partial charge in [0, 0.05) is 29.9 Å². The zero-order valence-electron chi connectivity index (χ0n) is 14.7. The highest BCUT2D eigenvalue weighted by Crippen LogP contribution is 2.25. The highest BCUT2D eigenvalue weighted by Gasteiger charge is 2.19. The average molecular weight is 360 g/mol. The molecular weight excluding hydrogens is 339 g/mol. The molecule has 1 N–H and O–H groups in total. The second-order valence-corrected chi connectivity index (χ2v) is 7.71. The molecule has 3 rings (SSSR count). The van der Waals surface area contributed by atoms with E-state index in [-0.39, 0.29) is 0 Å². The van der Waals surface area contributed by atoms with Gasteiger partial charge >= 0.3 is 0 Å². The van der Waals surface area contributed by atoms with Gasteiger partial charge in [-0.1, -0.05) is 13.8 Å². The van der Waals surface area contributed by atoms with Gasteiger partial charge in [-0.05, 0) is 37.0 Å². The van der Waals surface area contributed by atoms with E-state index in [1.807, 2.05) is 40.0 Å². The van der Waals surface area contributed by atoms with E-state index in [0.717, 1.165) is 27.5 Å². The molecule has 0 amide bonds. The maximum Gasteiger partial charge on any atom is 0.228 e. The monoisotopic (exact) mass is 360 g/mol.